The SMILES string of the molecule is Cc1nn2c(c1C)Nc1ncc(C(F)(F)F)c(n1)NC(C)CCC2. The van der Waals surface area contributed by atoms with E-state index in [-0.39, 0.29) is 17.8 Å². The highest BCUT2D eigenvalue weighted by atomic mass is 19.4. The molecule has 24 heavy (non-hydrogen) atoms. The molecule has 0 amide bonds. The maximum Gasteiger partial charge on any atom is 0.421 e. The lowest BCUT2D eigenvalue weighted by Crippen LogP contribution is -2.20. The first-order valence-corrected chi connectivity index (χ1v) is 7.77. The van der Waals surface area contributed by atoms with E-state index in [2.05, 4.69) is 25.7 Å². The Kier molecular flexibility index (Phi) is 4.10. The lowest BCUT2D eigenvalue weighted by molar-refractivity contribution is -0.137. The van der Waals surface area contributed by atoms with Gasteiger partial charge in [-0.3, -0.25) is 0 Å². The molecule has 2 N–H and O–H groups in total. The molecule has 0 saturated carbocycles. The number of nitrogens with zero attached hydrogens (tertiary/aromatic N) is 4. The summed E-state index contributed by atoms with van der Waals surface area (Å²) in [5, 5.41) is 10.3. The summed E-state index contributed by atoms with van der Waals surface area (Å²) < 4.78 is 41.3. The van der Waals surface area contributed by atoms with E-state index in [1.165, 1.54) is 0 Å². The highest BCUT2D eigenvalue weighted by Gasteiger charge is 2.35. The van der Waals surface area contributed by atoms with Crippen LogP contribution in [0, 0.1) is 13.8 Å². The number of aromatic nitrogens is 4. The van der Waals surface area contributed by atoms with E-state index in [1.807, 2.05) is 25.5 Å². The van der Waals surface area contributed by atoms with Gasteiger partial charge in [0.15, 0.2) is 0 Å². The Balaban J connectivity index is 2.08. The summed E-state index contributed by atoms with van der Waals surface area (Å²) in [6.07, 6.45) is -2.21. The van der Waals surface area contributed by atoms with Crippen LogP contribution in [-0.4, -0.2) is 25.8 Å². The number of hydrogen-bond donors (Lipinski definition) is 2. The van der Waals surface area contributed by atoms with Crippen molar-refractivity contribution in [3.8, 4) is 0 Å². The monoisotopic (exact) mass is 340 g/mol. The number of fused-ring (bicyclic) bond motifs is 3. The van der Waals surface area contributed by atoms with Gasteiger partial charge >= 0.3 is 6.18 Å². The van der Waals surface area contributed by atoms with Crippen molar-refractivity contribution in [2.45, 2.75) is 52.4 Å². The van der Waals surface area contributed by atoms with E-state index in [4.69, 9.17) is 0 Å². The van der Waals surface area contributed by atoms with E-state index in [9.17, 15) is 13.2 Å². The van der Waals surface area contributed by atoms with Crippen molar-refractivity contribution in [3.05, 3.63) is 23.0 Å². The van der Waals surface area contributed by atoms with E-state index in [0.29, 0.717) is 18.8 Å². The summed E-state index contributed by atoms with van der Waals surface area (Å²) in [6, 6.07) is -0.145. The summed E-state index contributed by atoms with van der Waals surface area (Å²) in [6.45, 7) is 6.32. The zero-order valence-corrected chi connectivity index (χ0v) is 13.7. The van der Waals surface area contributed by atoms with Gasteiger partial charge in [-0.1, -0.05) is 0 Å². The van der Waals surface area contributed by atoms with E-state index < -0.39 is 11.7 Å². The Morgan fingerprint density at radius 2 is 2.04 bits per heavy atom. The first-order valence-electron chi connectivity index (χ1n) is 7.77. The third-order valence-corrected chi connectivity index (χ3v) is 4.14. The van der Waals surface area contributed by atoms with Crippen molar-refractivity contribution in [1.82, 2.24) is 19.7 Å². The van der Waals surface area contributed by atoms with Crippen molar-refractivity contribution < 1.29 is 13.2 Å². The molecular weight excluding hydrogens is 321 g/mol. The molecule has 2 bridgehead atoms. The van der Waals surface area contributed by atoms with E-state index >= 15 is 0 Å². The quantitative estimate of drug-likeness (QED) is 0.766. The van der Waals surface area contributed by atoms with Crippen LogP contribution in [0.5, 0.6) is 0 Å². The van der Waals surface area contributed by atoms with Crippen LogP contribution in [0.15, 0.2) is 6.20 Å². The molecule has 3 rings (SSSR count). The summed E-state index contributed by atoms with van der Waals surface area (Å²) in [5.41, 5.74) is 0.939. The minimum Gasteiger partial charge on any atom is -0.367 e. The second-order valence-electron chi connectivity index (χ2n) is 6.05. The van der Waals surface area contributed by atoms with Crippen molar-refractivity contribution in [2.24, 2.45) is 0 Å². The predicted molar refractivity (Wildman–Crippen MR) is 84.3 cm³/mol. The molecule has 1 aliphatic heterocycles. The molecular formula is C15H19F3N6. The fraction of sp³-hybridized carbons (Fsp3) is 0.533. The maximum absolute atomic E-state index is 13.2. The van der Waals surface area contributed by atoms with Crippen molar-refractivity contribution in [3.63, 3.8) is 0 Å². The normalized spacial score (nSPS) is 18.2. The maximum atomic E-state index is 13.2. The average Bonchev–Trinajstić information content (AvgIpc) is 2.73. The van der Waals surface area contributed by atoms with Crippen molar-refractivity contribution in [2.75, 3.05) is 10.6 Å². The molecule has 1 atom stereocenters. The highest BCUT2D eigenvalue weighted by molar-refractivity contribution is 5.58. The number of nitrogens with one attached hydrogen (secondary N) is 2. The molecule has 0 radical (unpaired) electrons. The molecule has 0 saturated heterocycles. The molecule has 2 aromatic heterocycles. The summed E-state index contributed by atoms with van der Waals surface area (Å²) in [5.74, 6) is 0.631. The summed E-state index contributed by atoms with van der Waals surface area (Å²) >= 11 is 0. The first kappa shape index (κ1) is 16.5. The molecule has 0 spiro atoms. The van der Waals surface area contributed by atoms with Gasteiger partial charge in [-0.05, 0) is 33.6 Å². The van der Waals surface area contributed by atoms with Crippen LogP contribution in [0.25, 0.3) is 0 Å². The number of anilines is 3. The van der Waals surface area contributed by atoms with Crippen LogP contribution in [0.3, 0.4) is 0 Å². The Morgan fingerprint density at radius 1 is 1.29 bits per heavy atom. The van der Waals surface area contributed by atoms with E-state index in [0.717, 1.165) is 23.9 Å². The lowest BCUT2D eigenvalue weighted by atomic mass is 10.1. The second-order valence-corrected chi connectivity index (χ2v) is 6.05. The zero-order chi connectivity index (χ0) is 17.5. The summed E-state index contributed by atoms with van der Waals surface area (Å²) in [7, 11) is 0. The standard InChI is InChI=1S/C15H19F3N6/c1-8-5-4-6-24-13(9(2)10(3)23-24)22-14-19-7-11(15(16,17)18)12(20-8)21-14/h7-8H,4-6H2,1-3H3,(H2,19,20,21,22). The third kappa shape index (κ3) is 3.15. The number of rotatable bonds is 0. The first-order chi connectivity index (χ1) is 11.3. The third-order valence-electron chi connectivity index (χ3n) is 4.14. The molecule has 1 unspecified atom stereocenters. The second kappa shape index (κ2) is 5.95. The fourth-order valence-electron chi connectivity index (χ4n) is 2.71. The van der Waals surface area contributed by atoms with Gasteiger partial charge in [0.25, 0.3) is 0 Å². The molecule has 0 fully saturated rings. The van der Waals surface area contributed by atoms with Gasteiger partial charge in [0.1, 0.15) is 17.2 Å². The average molecular weight is 340 g/mol. The van der Waals surface area contributed by atoms with Gasteiger partial charge < -0.3 is 10.6 Å². The predicted octanol–water partition coefficient (Wildman–Crippen LogP) is 3.65. The molecule has 0 aromatic carbocycles. The molecule has 0 aliphatic carbocycles. The van der Waals surface area contributed by atoms with Gasteiger partial charge in [-0.15, -0.1) is 0 Å². The number of hydrogen-bond acceptors (Lipinski definition) is 5. The topological polar surface area (TPSA) is 67.7 Å². The molecule has 1 aliphatic rings. The molecule has 9 heteroatoms. The minimum atomic E-state index is -4.50. The highest BCUT2D eigenvalue weighted by Crippen LogP contribution is 2.35. The lowest BCUT2D eigenvalue weighted by Gasteiger charge is -2.18. The van der Waals surface area contributed by atoms with Crippen LogP contribution in [0.1, 0.15) is 36.6 Å². The van der Waals surface area contributed by atoms with Gasteiger partial charge in [0.2, 0.25) is 5.95 Å². The minimum absolute atomic E-state index is 0.115. The van der Waals surface area contributed by atoms with Crippen LogP contribution in [-0.2, 0) is 12.7 Å². The summed E-state index contributed by atoms with van der Waals surface area (Å²) in [4.78, 5) is 7.88. The largest absolute Gasteiger partial charge is 0.421 e. The molecule has 130 valence electrons. The Labute approximate surface area is 137 Å². The molecule has 2 aromatic rings. The Hall–Kier alpha value is -2.32. The zero-order valence-electron chi connectivity index (χ0n) is 13.7. The van der Waals surface area contributed by atoms with Crippen molar-refractivity contribution >= 4 is 17.6 Å². The van der Waals surface area contributed by atoms with Crippen LogP contribution in [0.4, 0.5) is 30.8 Å². The van der Waals surface area contributed by atoms with Crippen LogP contribution in [0.2, 0.25) is 0 Å². The molecule has 6 nitrogen and oxygen atoms in total. The van der Waals surface area contributed by atoms with Gasteiger partial charge in [-0.25, -0.2) is 9.67 Å². The van der Waals surface area contributed by atoms with E-state index in [1.54, 1.807) is 0 Å². The van der Waals surface area contributed by atoms with Crippen LogP contribution < -0.4 is 10.6 Å². The molecule has 3 heterocycles. The smallest absolute Gasteiger partial charge is 0.367 e. The van der Waals surface area contributed by atoms with Crippen LogP contribution >= 0.6 is 0 Å². The number of halogens is 3. The Morgan fingerprint density at radius 3 is 2.75 bits per heavy atom. The fourth-order valence-corrected chi connectivity index (χ4v) is 2.71. The number of aryl methyl sites for hydroxylation is 2. The van der Waals surface area contributed by atoms with Crippen molar-refractivity contribution in [1.29, 1.82) is 0 Å². The Bertz CT molecular complexity index is 752. The van der Waals surface area contributed by atoms with Gasteiger partial charge in [0, 0.05) is 24.3 Å². The number of alkyl halides is 3. The van der Waals surface area contributed by atoms with Gasteiger partial charge in [0.05, 0.1) is 5.69 Å². The van der Waals surface area contributed by atoms with Gasteiger partial charge in [-0.2, -0.15) is 23.3 Å².